The first kappa shape index (κ1) is 18.5. The molecule has 0 aromatic carbocycles. The first-order chi connectivity index (χ1) is 12.2. The molecule has 1 saturated heterocycles. The first-order valence-corrected chi connectivity index (χ1v) is 10.8. The molecule has 6 atom stereocenters. The van der Waals surface area contributed by atoms with Gasteiger partial charge in [0.15, 0.2) is 0 Å². The highest BCUT2D eigenvalue weighted by atomic mass is 79.9. The number of carbonyl (C=O) groups excluding carboxylic acids is 2. The lowest BCUT2D eigenvalue weighted by atomic mass is 9.49. The second-order valence-electron chi connectivity index (χ2n) is 9.51. The number of rotatable bonds is 1. The van der Waals surface area contributed by atoms with E-state index in [0.29, 0.717) is 23.7 Å². The molecule has 2 saturated carbocycles. The Kier molecular flexibility index (Phi) is 4.33. The van der Waals surface area contributed by atoms with Gasteiger partial charge >= 0.3 is 5.97 Å². The molecular weight excluding hydrogens is 394 g/mol. The molecule has 0 aromatic heterocycles. The topological polar surface area (TPSA) is 46.6 Å². The van der Waals surface area contributed by atoms with Crippen molar-refractivity contribution in [3.8, 4) is 0 Å². The van der Waals surface area contributed by atoms with Crippen molar-refractivity contribution in [2.24, 2.45) is 34.5 Å². The average molecular weight is 424 g/mol. The Morgan fingerprint density at radius 3 is 2.65 bits per heavy atom. The van der Waals surface area contributed by atoms with Crippen LogP contribution in [-0.2, 0) is 14.3 Å². The van der Waals surface area contributed by atoms with Gasteiger partial charge in [-0.2, -0.15) is 0 Å². The Hall–Kier alpha value is -0.840. The third-order valence-corrected chi connectivity index (χ3v) is 9.03. The van der Waals surface area contributed by atoms with Crippen molar-refractivity contribution in [2.45, 2.75) is 58.8 Å². The van der Waals surface area contributed by atoms with E-state index in [-0.39, 0.29) is 17.3 Å². The number of ether oxygens (including phenoxy) is 1. The molecule has 144 valence electrons. The fourth-order valence-corrected chi connectivity index (χ4v) is 8.23. The summed E-state index contributed by atoms with van der Waals surface area (Å²) in [5, 5.41) is 0. The number of hydrogen-bond donors (Lipinski definition) is 0. The van der Waals surface area contributed by atoms with E-state index in [2.05, 4.69) is 29.8 Å². The monoisotopic (exact) mass is 423 g/mol. The summed E-state index contributed by atoms with van der Waals surface area (Å²) in [4.78, 5) is 26.9. The van der Waals surface area contributed by atoms with Crippen molar-refractivity contribution in [3.05, 3.63) is 10.2 Å². The number of methoxy groups -OCH3 is 1. The van der Waals surface area contributed by atoms with Crippen molar-refractivity contribution in [3.63, 3.8) is 0 Å². The molecular formula is C21H30BrNO3. The van der Waals surface area contributed by atoms with Crippen LogP contribution in [0.15, 0.2) is 10.2 Å². The predicted molar refractivity (Wildman–Crippen MR) is 103 cm³/mol. The molecule has 4 rings (SSSR count). The molecule has 0 bridgehead atoms. The van der Waals surface area contributed by atoms with E-state index in [4.69, 9.17) is 4.74 Å². The van der Waals surface area contributed by atoms with Gasteiger partial charge in [-0.3, -0.25) is 9.59 Å². The molecule has 4 nitrogen and oxygen atoms in total. The van der Waals surface area contributed by atoms with Gasteiger partial charge in [0.05, 0.1) is 7.11 Å². The van der Waals surface area contributed by atoms with Gasteiger partial charge in [-0.1, -0.05) is 36.2 Å². The number of nitrogens with zero attached hydrogens (tertiary/aromatic N) is 1. The summed E-state index contributed by atoms with van der Waals surface area (Å²) < 4.78 is 6.14. The zero-order valence-electron chi connectivity index (χ0n) is 16.3. The van der Waals surface area contributed by atoms with Gasteiger partial charge in [-0.25, -0.2) is 0 Å². The smallest absolute Gasteiger partial charge is 0.318 e. The van der Waals surface area contributed by atoms with Crippen LogP contribution in [0.2, 0.25) is 0 Å². The first-order valence-electron chi connectivity index (χ1n) is 9.97. The lowest BCUT2D eigenvalue weighted by molar-refractivity contribution is -0.160. The molecule has 3 aliphatic carbocycles. The van der Waals surface area contributed by atoms with Crippen LogP contribution in [0.4, 0.5) is 0 Å². The summed E-state index contributed by atoms with van der Waals surface area (Å²) in [5.74, 6) is 0.779. The number of likely N-dealkylation sites (tertiary alicyclic amines) is 1. The Bertz CT molecular complexity index is 689. The van der Waals surface area contributed by atoms with Crippen LogP contribution < -0.4 is 0 Å². The standard InChI is InChI=1S/C21H30BrNO3/c1-20-8-5-6-14(20)12-10-16(22)17-21(2,15(12)7-9-20)11-13(19(25)26-4)18(24)23(17)3/h12-15H,5-11H2,1-4H3/t12-,13?,14-,15+,20-,21+/m0/s1. The second kappa shape index (κ2) is 6.08. The molecule has 26 heavy (non-hydrogen) atoms. The van der Waals surface area contributed by atoms with Crippen LogP contribution >= 0.6 is 15.9 Å². The molecule has 0 spiro atoms. The van der Waals surface area contributed by atoms with Crippen molar-refractivity contribution in [1.29, 1.82) is 0 Å². The maximum absolute atomic E-state index is 12.8. The molecule has 5 heteroatoms. The highest BCUT2D eigenvalue weighted by Crippen LogP contribution is 2.66. The largest absolute Gasteiger partial charge is 0.468 e. The van der Waals surface area contributed by atoms with Crippen LogP contribution in [0, 0.1) is 34.5 Å². The number of allylic oxidation sites excluding steroid dienone is 2. The molecule has 0 N–H and O–H groups in total. The number of hydrogen-bond acceptors (Lipinski definition) is 3. The molecule has 0 radical (unpaired) electrons. The zero-order valence-corrected chi connectivity index (χ0v) is 17.9. The average Bonchev–Trinajstić information content (AvgIpc) is 2.99. The molecule has 4 aliphatic rings. The SMILES string of the molecule is COC(=O)C1C[C@@]2(C)C(=C(Br)C[C@@H]3[C@H]2CC[C@]2(C)CCC[C@@H]32)N(C)C1=O. The quantitative estimate of drug-likeness (QED) is 0.461. The summed E-state index contributed by atoms with van der Waals surface area (Å²) in [6.07, 6.45) is 8.13. The summed E-state index contributed by atoms with van der Waals surface area (Å²) in [6, 6.07) is 0. The molecule has 1 aliphatic heterocycles. The third-order valence-electron chi connectivity index (χ3n) is 8.33. The third kappa shape index (κ3) is 2.38. The lowest BCUT2D eigenvalue weighted by Gasteiger charge is -2.59. The van der Waals surface area contributed by atoms with Gasteiger partial charge in [0.1, 0.15) is 5.92 Å². The van der Waals surface area contributed by atoms with Gasteiger partial charge in [0.25, 0.3) is 0 Å². The van der Waals surface area contributed by atoms with Crippen molar-refractivity contribution in [2.75, 3.05) is 14.2 Å². The van der Waals surface area contributed by atoms with E-state index in [1.54, 1.807) is 4.90 Å². The number of halogens is 1. The maximum Gasteiger partial charge on any atom is 0.318 e. The van der Waals surface area contributed by atoms with Crippen LogP contribution in [0.3, 0.4) is 0 Å². The Morgan fingerprint density at radius 2 is 1.96 bits per heavy atom. The molecule has 3 fully saturated rings. The minimum atomic E-state index is -0.672. The number of carbonyl (C=O) groups is 2. The minimum Gasteiger partial charge on any atom is -0.468 e. The van der Waals surface area contributed by atoms with E-state index < -0.39 is 5.92 Å². The summed E-state index contributed by atoms with van der Waals surface area (Å²) in [7, 11) is 3.21. The number of piperidine rings is 1. The maximum atomic E-state index is 12.8. The normalized spacial score (nSPS) is 45.1. The van der Waals surface area contributed by atoms with Crippen LogP contribution in [0.25, 0.3) is 0 Å². The van der Waals surface area contributed by atoms with Gasteiger partial charge < -0.3 is 9.64 Å². The van der Waals surface area contributed by atoms with Crippen molar-refractivity contribution >= 4 is 27.8 Å². The van der Waals surface area contributed by atoms with Crippen LogP contribution in [0.5, 0.6) is 0 Å². The summed E-state index contributed by atoms with van der Waals surface area (Å²) in [5.41, 5.74) is 1.46. The van der Waals surface area contributed by atoms with E-state index in [0.717, 1.165) is 18.0 Å². The van der Waals surface area contributed by atoms with Gasteiger partial charge in [-0.05, 0) is 61.7 Å². The second-order valence-corrected chi connectivity index (χ2v) is 10.5. The highest BCUT2D eigenvalue weighted by Gasteiger charge is 2.60. The van der Waals surface area contributed by atoms with Crippen molar-refractivity contribution in [1.82, 2.24) is 4.90 Å². The highest BCUT2D eigenvalue weighted by molar-refractivity contribution is 9.11. The minimum absolute atomic E-state index is 0.124. The van der Waals surface area contributed by atoms with E-state index in [9.17, 15) is 9.59 Å². The van der Waals surface area contributed by atoms with Gasteiger partial charge in [0.2, 0.25) is 5.91 Å². The van der Waals surface area contributed by atoms with Gasteiger partial charge in [0, 0.05) is 22.6 Å². The Balaban J connectivity index is 1.77. The molecule has 0 aromatic rings. The summed E-state index contributed by atoms with van der Waals surface area (Å²) >= 11 is 3.85. The van der Waals surface area contributed by atoms with Gasteiger partial charge in [-0.15, -0.1) is 0 Å². The van der Waals surface area contributed by atoms with E-state index in [1.165, 1.54) is 43.7 Å². The number of fused-ring (bicyclic) bond motifs is 5. The molecule has 1 heterocycles. The number of amides is 1. The zero-order chi connectivity index (χ0) is 18.9. The van der Waals surface area contributed by atoms with Crippen LogP contribution in [0.1, 0.15) is 58.8 Å². The van der Waals surface area contributed by atoms with E-state index in [1.807, 2.05) is 7.05 Å². The van der Waals surface area contributed by atoms with E-state index >= 15 is 0 Å². The fraction of sp³-hybridized carbons (Fsp3) is 0.810. The predicted octanol–water partition coefficient (Wildman–Crippen LogP) is 4.49. The lowest BCUT2D eigenvalue weighted by Crippen LogP contribution is -2.57. The van der Waals surface area contributed by atoms with Crippen LogP contribution in [-0.4, -0.2) is 30.9 Å². The van der Waals surface area contributed by atoms with Crippen molar-refractivity contribution < 1.29 is 14.3 Å². The fourth-order valence-electron chi connectivity index (χ4n) is 7.14. The summed E-state index contributed by atoms with van der Waals surface area (Å²) in [6.45, 7) is 4.78. The molecule has 1 amide bonds. The Labute approximate surface area is 164 Å². The Morgan fingerprint density at radius 1 is 1.23 bits per heavy atom. The molecule has 1 unspecified atom stereocenters. The number of esters is 1.